The number of amidine groups is 1. The Hall–Kier alpha value is -5.34. The maximum Gasteiger partial charge on any atom is 0.295 e. The van der Waals surface area contributed by atoms with E-state index in [0.29, 0.717) is 59.5 Å². The van der Waals surface area contributed by atoms with Crippen molar-refractivity contribution in [3.05, 3.63) is 97.5 Å². The van der Waals surface area contributed by atoms with Gasteiger partial charge in [0.05, 0.1) is 10.0 Å². The van der Waals surface area contributed by atoms with Gasteiger partial charge in [-0.2, -0.15) is 0 Å². The lowest BCUT2D eigenvalue weighted by atomic mass is 10.00. The lowest BCUT2D eigenvalue weighted by Gasteiger charge is -2.13. The zero-order valence-corrected chi connectivity index (χ0v) is 26.8. The van der Waals surface area contributed by atoms with Crippen LogP contribution in [0.3, 0.4) is 0 Å². The van der Waals surface area contributed by atoms with Crippen LogP contribution in [0.4, 0.5) is 5.82 Å². The molecule has 2 saturated heterocycles. The third-order valence-electron chi connectivity index (χ3n) is 8.40. The van der Waals surface area contributed by atoms with Crippen molar-refractivity contribution in [3.8, 4) is 22.5 Å². The second kappa shape index (κ2) is 12.7. The Kier molecular flexibility index (Phi) is 8.27. The number of hydrogen-bond donors (Lipinski definition) is 3. The molecule has 5 heterocycles. The van der Waals surface area contributed by atoms with E-state index >= 15 is 0 Å². The number of nitrogens with zero attached hydrogens (tertiary/aromatic N) is 7. The highest BCUT2D eigenvalue weighted by molar-refractivity contribution is 6.39. The highest BCUT2D eigenvalue weighted by Gasteiger charge is 2.24. The summed E-state index contributed by atoms with van der Waals surface area (Å²) in [4.78, 5) is 62.5. The molecule has 2 fully saturated rings. The summed E-state index contributed by atoms with van der Waals surface area (Å²) in [7, 11) is 0. The van der Waals surface area contributed by atoms with Crippen molar-refractivity contribution >= 4 is 52.3 Å². The van der Waals surface area contributed by atoms with Crippen LogP contribution >= 0.6 is 23.2 Å². The number of aliphatic imine (C=N–C) groups is 1. The highest BCUT2D eigenvalue weighted by Crippen LogP contribution is 2.39. The van der Waals surface area contributed by atoms with Crippen LogP contribution in [0, 0.1) is 0 Å². The minimum atomic E-state index is -0.457. The molecule has 244 valence electrons. The summed E-state index contributed by atoms with van der Waals surface area (Å²) in [5.41, 5.74) is 7.62. The van der Waals surface area contributed by atoms with Crippen molar-refractivity contribution in [2.45, 2.75) is 50.9 Å². The maximum atomic E-state index is 13.2. The van der Waals surface area contributed by atoms with Crippen molar-refractivity contribution < 1.29 is 9.59 Å². The van der Waals surface area contributed by atoms with Crippen molar-refractivity contribution in [1.29, 1.82) is 0 Å². The van der Waals surface area contributed by atoms with Gasteiger partial charge in [0.25, 0.3) is 11.1 Å². The molecule has 5 aromatic rings. The highest BCUT2D eigenvalue weighted by atomic mass is 35.5. The van der Waals surface area contributed by atoms with Crippen molar-refractivity contribution in [1.82, 2.24) is 39.3 Å². The molecule has 2 amide bonds. The van der Waals surface area contributed by atoms with Crippen molar-refractivity contribution in [2.75, 3.05) is 0 Å². The van der Waals surface area contributed by atoms with E-state index in [1.54, 1.807) is 48.8 Å². The van der Waals surface area contributed by atoms with Gasteiger partial charge in [-0.1, -0.05) is 47.5 Å². The topological polar surface area (TPSA) is 184 Å². The fourth-order valence-corrected chi connectivity index (χ4v) is 6.59. The van der Waals surface area contributed by atoms with Gasteiger partial charge >= 0.3 is 0 Å². The molecule has 7 rings (SSSR count). The van der Waals surface area contributed by atoms with Crippen LogP contribution in [-0.2, 0) is 22.7 Å². The summed E-state index contributed by atoms with van der Waals surface area (Å²) in [5, 5.41) is 10.7. The molecule has 14 nitrogen and oxygen atoms in total. The van der Waals surface area contributed by atoms with E-state index in [2.05, 4.69) is 30.7 Å². The maximum absolute atomic E-state index is 13.2. The average molecular weight is 688 g/mol. The van der Waals surface area contributed by atoms with Crippen LogP contribution in [-0.4, -0.2) is 58.4 Å². The Labute approximate surface area is 282 Å². The van der Waals surface area contributed by atoms with Crippen LogP contribution in [0.5, 0.6) is 0 Å². The van der Waals surface area contributed by atoms with Gasteiger partial charge < -0.3 is 25.5 Å². The Morgan fingerprint density at radius 1 is 0.833 bits per heavy atom. The number of fused-ring (bicyclic) bond motifs is 1. The molecular formula is C32H28Cl2N10O4. The van der Waals surface area contributed by atoms with Gasteiger partial charge in [0.1, 0.15) is 5.84 Å². The zero-order valence-electron chi connectivity index (χ0n) is 25.3. The van der Waals surface area contributed by atoms with Crippen molar-refractivity contribution in [2.24, 2.45) is 10.7 Å². The molecule has 16 heteroatoms. The molecule has 4 N–H and O–H groups in total. The number of nitrogens with one attached hydrogen (secondary N) is 2. The number of hydrogen-bond acceptors (Lipinski definition) is 8. The predicted octanol–water partition coefficient (Wildman–Crippen LogP) is 2.68. The molecular weight excluding hydrogens is 659 g/mol. The number of halogens is 2. The van der Waals surface area contributed by atoms with E-state index in [0.717, 1.165) is 0 Å². The van der Waals surface area contributed by atoms with E-state index in [-0.39, 0.29) is 64.1 Å². The second-order valence-corrected chi connectivity index (χ2v) is 12.4. The fourth-order valence-electron chi connectivity index (χ4n) is 5.96. The first-order valence-corrected chi connectivity index (χ1v) is 15.9. The van der Waals surface area contributed by atoms with E-state index in [1.165, 1.54) is 26.0 Å². The molecule has 3 aromatic heterocycles. The van der Waals surface area contributed by atoms with Gasteiger partial charge in [0.2, 0.25) is 23.3 Å². The molecule has 2 unspecified atom stereocenters. The number of carbonyl (C=O) groups excluding carboxylic acids is 2. The summed E-state index contributed by atoms with van der Waals surface area (Å²) >= 11 is 13.8. The van der Waals surface area contributed by atoms with Crippen molar-refractivity contribution in [3.63, 3.8) is 0 Å². The third-order valence-corrected chi connectivity index (χ3v) is 9.22. The van der Waals surface area contributed by atoms with Crippen LogP contribution in [0.25, 0.3) is 28.2 Å². The largest absolute Gasteiger partial charge is 0.383 e. The van der Waals surface area contributed by atoms with Gasteiger partial charge in [-0.15, -0.1) is 5.10 Å². The number of benzene rings is 2. The Bertz CT molecular complexity index is 2260. The van der Waals surface area contributed by atoms with Gasteiger partial charge in [0.15, 0.2) is 5.82 Å². The minimum Gasteiger partial charge on any atom is -0.383 e. The van der Waals surface area contributed by atoms with Gasteiger partial charge in [-0.05, 0) is 25.0 Å². The first kappa shape index (κ1) is 31.3. The minimum absolute atomic E-state index is 0.0267. The quantitative estimate of drug-likeness (QED) is 0.164. The second-order valence-electron chi connectivity index (χ2n) is 11.6. The Morgan fingerprint density at radius 3 is 2.12 bits per heavy atom. The van der Waals surface area contributed by atoms with Crippen LogP contribution < -0.4 is 27.5 Å². The molecule has 0 radical (unpaired) electrons. The first-order chi connectivity index (χ1) is 23.2. The summed E-state index contributed by atoms with van der Waals surface area (Å²) in [6, 6.07) is 10.2. The van der Waals surface area contributed by atoms with E-state index in [9.17, 15) is 19.2 Å². The van der Waals surface area contributed by atoms with Crippen LogP contribution in [0.15, 0.2) is 75.8 Å². The SMILES string of the molecule is NC(=Nc1nccn(CC2CCC(=O)N2)c1=O)c1cccc(-c2cccc(-c3nc4c(=O)n(CC5CCC(=O)N5)ccn4n3)c2Cl)c1Cl. The molecule has 0 spiro atoms. The number of amides is 2. The lowest BCUT2D eigenvalue weighted by molar-refractivity contribution is -0.120. The fraction of sp³-hybridized carbons (Fsp3) is 0.250. The predicted molar refractivity (Wildman–Crippen MR) is 179 cm³/mol. The average Bonchev–Trinajstić information content (AvgIpc) is 3.81. The summed E-state index contributed by atoms with van der Waals surface area (Å²) in [5.74, 6) is 0.0197. The standard InChI is InChI=1S/C32H28Cl2N10O4/c33-25-19(3-1-5-21(25)27(35)39-29-31(47)42(12-11-36-29)15-17-7-9-23(45)37-17)20-4-2-6-22(26(20)34)28-40-30-32(48)43(13-14-44(30)41-28)16-18-8-10-24(46)38-18/h1-6,11-14,17-18H,7-10,15-16H2,(H,37,45)(H,38,46)(H2,35,36,39). The van der Waals surface area contributed by atoms with Gasteiger partial charge in [0, 0.05) is 85.1 Å². The molecule has 0 saturated carbocycles. The van der Waals surface area contributed by atoms with Crippen LogP contribution in [0.1, 0.15) is 31.2 Å². The zero-order chi connectivity index (χ0) is 33.5. The molecule has 0 bridgehead atoms. The molecule has 2 aliphatic heterocycles. The normalized spacial score (nSPS) is 18.0. The monoisotopic (exact) mass is 686 g/mol. The third kappa shape index (κ3) is 5.95. The van der Waals surface area contributed by atoms with E-state index in [4.69, 9.17) is 28.9 Å². The number of carbonyl (C=O) groups is 2. The van der Waals surface area contributed by atoms with E-state index in [1.807, 2.05) is 0 Å². The molecule has 2 aromatic carbocycles. The van der Waals surface area contributed by atoms with Gasteiger partial charge in [-0.3, -0.25) is 19.2 Å². The lowest BCUT2D eigenvalue weighted by Crippen LogP contribution is -2.34. The smallest absolute Gasteiger partial charge is 0.295 e. The van der Waals surface area contributed by atoms with Crippen LogP contribution in [0.2, 0.25) is 10.0 Å². The number of rotatable bonds is 8. The number of aromatic nitrogens is 6. The molecule has 2 aliphatic rings. The Balaban J connectivity index is 1.19. The molecule has 2 atom stereocenters. The van der Waals surface area contributed by atoms with E-state index < -0.39 is 5.56 Å². The summed E-state index contributed by atoms with van der Waals surface area (Å²) < 4.78 is 4.34. The number of nitrogens with two attached hydrogens (primary N) is 1. The summed E-state index contributed by atoms with van der Waals surface area (Å²) in [6.45, 7) is 0.620. The Morgan fingerprint density at radius 2 is 1.46 bits per heavy atom. The first-order valence-electron chi connectivity index (χ1n) is 15.2. The molecule has 48 heavy (non-hydrogen) atoms. The summed E-state index contributed by atoms with van der Waals surface area (Å²) in [6.07, 6.45) is 8.38. The molecule has 0 aliphatic carbocycles. The van der Waals surface area contributed by atoms with Gasteiger partial charge in [-0.25, -0.2) is 19.5 Å².